The van der Waals surface area contributed by atoms with E-state index >= 15 is 0 Å². The maximum absolute atomic E-state index is 13.9. The number of ether oxygens (including phenoxy) is 1. The number of piperazine rings is 1. The van der Waals surface area contributed by atoms with Crippen LogP contribution in [0.15, 0.2) is 67.0 Å². The van der Waals surface area contributed by atoms with Gasteiger partial charge in [-0.3, -0.25) is 24.4 Å². The van der Waals surface area contributed by atoms with Gasteiger partial charge in [0.05, 0.1) is 13.3 Å². The van der Waals surface area contributed by atoms with Crippen LogP contribution in [0, 0.1) is 6.92 Å². The third-order valence-corrected chi connectivity index (χ3v) is 6.94. The number of fused-ring (bicyclic) bond motifs is 1. The standard InChI is InChI=1S/C27H27N3O3/c1-19-7-3-4-8-20(19)18-29-11-13-30(14-12-29)27(21-15-22(33-2)17-28-16-21)25(31)23-9-5-6-10-24(23)26(27)32/h3-10,15-17H,11-14,18H2,1-2H3. The highest BCUT2D eigenvalue weighted by Gasteiger charge is 2.58. The van der Waals surface area contributed by atoms with E-state index in [-0.39, 0.29) is 11.6 Å². The number of carbonyl (C=O) groups excluding carboxylic acids is 2. The summed E-state index contributed by atoms with van der Waals surface area (Å²) in [7, 11) is 1.56. The molecule has 6 heteroatoms. The molecule has 0 unspecified atom stereocenters. The number of ketones is 2. The lowest BCUT2D eigenvalue weighted by molar-refractivity contribution is 0.0277. The van der Waals surface area contributed by atoms with Crippen molar-refractivity contribution in [2.24, 2.45) is 0 Å². The summed E-state index contributed by atoms with van der Waals surface area (Å²) in [6.45, 7) is 5.73. The van der Waals surface area contributed by atoms with Crippen LogP contribution >= 0.6 is 0 Å². The average molecular weight is 442 g/mol. The van der Waals surface area contributed by atoms with E-state index in [0.29, 0.717) is 35.5 Å². The Bertz CT molecular complexity index is 1180. The molecule has 1 aliphatic heterocycles. The Kier molecular flexibility index (Phi) is 5.56. The minimum atomic E-state index is -1.40. The van der Waals surface area contributed by atoms with Crippen molar-refractivity contribution in [3.8, 4) is 5.75 Å². The highest BCUT2D eigenvalue weighted by atomic mass is 16.5. The quantitative estimate of drug-likeness (QED) is 0.565. The lowest BCUT2D eigenvalue weighted by Crippen LogP contribution is -2.60. The van der Waals surface area contributed by atoms with Gasteiger partial charge in [0, 0.05) is 55.6 Å². The number of benzene rings is 2. The minimum absolute atomic E-state index is 0.175. The summed E-state index contributed by atoms with van der Waals surface area (Å²) in [5.41, 5.74) is 2.70. The Hall–Kier alpha value is -3.35. The highest BCUT2D eigenvalue weighted by Crippen LogP contribution is 2.43. The van der Waals surface area contributed by atoms with Crippen molar-refractivity contribution in [1.82, 2.24) is 14.8 Å². The number of aromatic nitrogens is 1. The van der Waals surface area contributed by atoms with Gasteiger partial charge in [0.15, 0.2) is 17.1 Å². The number of nitrogens with zero attached hydrogens (tertiary/aromatic N) is 3. The van der Waals surface area contributed by atoms with Crippen LogP contribution in [0.4, 0.5) is 0 Å². The second kappa shape index (κ2) is 8.54. The predicted octanol–water partition coefficient (Wildman–Crippen LogP) is 3.49. The zero-order valence-corrected chi connectivity index (χ0v) is 19.0. The first-order valence-electron chi connectivity index (χ1n) is 11.3. The topological polar surface area (TPSA) is 62.7 Å². The highest BCUT2D eigenvalue weighted by molar-refractivity contribution is 6.32. The molecule has 2 heterocycles. The zero-order chi connectivity index (χ0) is 23.0. The summed E-state index contributed by atoms with van der Waals surface area (Å²) in [4.78, 5) is 36.5. The third kappa shape index (κ3) is 3.46. The second-order valence-corrected chi connectivity index (χ2v) is 8.72. The summed E-state index contributed by atoms with van der Waals surface area (Å²) >= 11 is 0. The molecule has 0 bridgehead atoms. The molecule has 1 aromatic heterocycles. The van der Waals surface area contributed by atoms with E-state index in [1.54, 1.807) is 37.7 Å². The van der Waals surface area contributed by atoms with Crippen LogP contribution in [-0.4, -0.2) is 59.6 Å². The van der Waals surface area contributed by atoms with Crippen LogP contribution < -0.4 is 4.74 Å². The van der Waals surface area contributed by atoms with Gasteiger partial charge in [-0.1, -0.05) is 48.5 Å². The molecule has 33 heavy (non-hydrogen) atoms. The van der Waals surface area contributed by atoms with Crippen LogP contribution in [0.2, 0.25) is 0 Å². The van der Waals surface area contributed by atoms with E-state index in [9.17, 15) is 9.59 Å². The predicted molar refractivity (Wildman–Crippen MR) is 126 cm³/mol. The number of methoxy groups -OCH3 is 1. The summed E-state index contributed by atoms with van der Waals surface area (Å²) in [6, 6.07) is 17.3. The molecule has 2 aromatic carbocycles. The molecule has 5 rings (SSSR count). The molecule has 0 saturated carbocycles. The summed E-state index contributed by atoms with van der Waals surface area (Å²) in [5.74, 6) is 0.178. The van der Waals surface area contributed by atoms with E-state index in [4.69, 9.17) is 4.74 Å². The van der Waals surface area contributed by atoms with Crippen molar-refractivity contribution >= 4 is 11.6 Å². The SMILES string of the molecule is COc1cncc(C2(N3CCN(Cc4ccccc4C)CC3)C(=O)c3ccccc3C2=O)c1. The Morgan fingerprint density at radius 3 is 2.18 bits per heavy atom. The fourth-order valence-corrected chi connectivity index (χ4v) is 5.10. The van der Waals surface area contributed by atoms with Gasteiger partial charge < -0.3 is 4.74 Å². The monoisotopic (exact) mass is 441 g/mol. The molecule has 1 saturated heterocycles. The first-order valence-corrected chi connectivity index (χ1v) is 11.3. The summed E-state index contributed by atoms with van der Waals surface area (Å²) in [6.07, 6.45) is 3.22. The van der Waals surface area contributed by atoms with Crippen molar-refractivity contribution in [3.05, 3.63) is 94.8 Å². The molecule has 0 atom stereocenters. The number of rotatable bonds is 5. The average Bonchev–Trinajstić information content (AvgIpc) is 3.09. The maximum atomic E-state index is 13.9. The van der Waals surface area contributed by atoms with Crippen LogP contribution in [0.25, 0.3) is 0 Å². The van der Waals surface area contributed by atoms with Gasteiger partial charge in [0.1, 0.15) is 5.75 Å². The molecule has 0 N–H and O–H groups in total. The minimum Gasteiger partial charge on any atom is -0.495 e. The fraction of sp³-hybridized carbons (Fsp3) is 0.296. The van der Waals surface area contributed by atoms with E-state index < -0.39 is 5.54 Å². The van der Waals surface area contributed by atoms with Crippen molar-refractivity contribution in [3.63, 3.8) is 0 Å². The molecule has 2 aliphatic rings. The first kappa shape index (κ1) is 21.5. The Morgan fingerprint density at radius 1 is 0.909 bits per heavy atom. The number of pyridine rings is 1. The Balaban J connectivity index is 1.49. The number of aryl methyl sites for hydroxylation is 1. The van der Waals surface area contributed by atoms with Crippen LogP contribution in [0.3, 0.4) is 0 Å². The van der Waals surface area contributed by atoms with E-state index in [0.717, 1.165) is 19.6 Å². The van der Waals surface area contributed by atoms with Gasteiger partial charge in [0.2, 0.25) is 0 Å². The van der Waals surface area contributed by atoms with Crippen LogP contribution in [0.5, 0.6) is 5.75 Å². The van der Waals surface area contributed by atoms with Gasteiger partial charge >= 0.3 is 0 Å². The number of hydrogen-bond acceptors (Lipinski definition) is 6. The molecule has 168 valence electrons. The molecule has 0 amide bonds. The van der Waals surface area contributed by atoms with Crippen LogP contribution in [0.1, 0.15) is 37.4 Å². The van der Waals surface area contributed by atoms with E-state index in [2.05, 4.69) is 41.1 Å². The molecule has 0 spiro atoms. The van der Waals surface area contributed by atoms with Gasteiger partial charge in [-0.25, -0.2) is 0 Å². The van der Waals surface area contributed by atoms with Crippen LogP contribution in [-0.2, 0) is 12.1 Å². The smallest absolute Gasteiger partial charge is 0.196 e. The van der Waals surface area contributed by atoms with Gasteiger partial charge in [-0.2, -0.15) is 0 Å². The van der Waals surface area contributed by atoms with Gasteiger partial charge in [-0.15, -0.1) is 0 Å². The van der Waals surface area contributed by atoms with Gasteiger partial charge in [-0.05, 0) is 24.1 Å². The van der Waals surface area contributed by atoms with Crippen molar-refractivity contribution < 1.29 is 14.3 Å². The van der Waals surface area contributed by atoms with Gasteiger partial charge in [0.25, 0.3) is 0 Å². The second-order valence-electron chi connectivity index (χ2n) is 8.72. The molecular weight excluding hydrogens is 414 g/mol. The largest absolute Gasteiger partial charge is 0.495 e. The normalized spacial score (nSPS) is 18.4. The van der Waals surface area contributed by atoms with Crippen molar-refractivity contribution in [1.29, 1.82) is 0 Å². The summed E-state index contributed by atoms with van der Waals surface area (Å²) in [5, 5.41) is 0. The number of hydrogen-bond donors (Lipinski definition) is 0. The zero-order valence-electron chi connectivity index (χ0n) is 19.0. The van der Waals surface area contributed by atoms with E-state index in [1.165, 1.54) is 11.1 Å². The number of carbonyl (C=O) groups is 2. The molecule has 0 radical (unpaired) electrons. The molecule has 6 nitrogen and oxygen atoms in total. The van der Waals surface area contributed by atoms with Crippen molar-refractivity contribution in [2.75, 3.05) is 33.3 Å². The lowest BCUT2D eigenvalue weighted by Gasteiger charge is -2.44. The number of Topliss-reactive ketones (excluding diaryl/α,β-unsaturated/α-hetero) is 2. The van der Waals surface area contributed by atoms with E-state index in [1.807, 2.05) is 17.0 Å². The fourth-order valence-electron chi connectivity index (χ4n) is 5.10. The lowest BCUT2D eigenvalue weighted by atomic mass is 9.83. The van der Waals surface area contributed by atoms with Crippen molar-refractivity contribution in [2.45, 2.75) is 19.0 Å². The first-order chi connectivity index (χ1) is 16.1. The molecule has 1 fully saturated rings. The third-order valence-electron chi connectivity index (χ3n) is 6.94. The molecular formula is C27H27N3O3. The molecule has 3 aromatic rings. The Labute approximate surface area is 193 Å². The molecule has 1 aliphatic carbocycles. The summed E-state index contributed by atoms with van der Waals surface area (Å²) < 4.78 is 5.38. The Morgan fingerprint density at radius 2 is 1.55 bits per heavy atom. The maximum Gasteiger partial charge on any atom is 0.196 e.